The highest BCUT2D eigenvalue weighted by Crippen LogP contribution is 2.29. The lowest BCUT2D eigenvalue weighted by Crippen LogP contribution is -1.98. The van der Waals surface area contributed by atoms with Crippen molar-refractivity contribution in [2.24, 2.45) is 4.99 Å². The summed E-state index contributed by atoms with van der Waals surface area (Å²) < 4.78 is 6.26. The molecule has 0 aliphatic rings. The number of hydrogen-bond acceptors (Lipinski definition) is 3. The van der Waals surface area contributed by atoms with E-state index in [0.717, 1.165) is 21.3 Å². The Morgan fingerprint density at radius 1 is 1.16 bits per heavy atom. The average molecular weight is 334 g/mol. The van der Waals surface area contributed by atoms with Crippen molar-refractivity contribution in [3.05, 3.63) is 64.1 Å². The maximum absolute atomic E-state index is 5.25. The topological polar surface area (TPSA) is 21.6 Å². The second kappa shape index (κ2) is 6.62. The smallest absolute Gasteiger partial charge is 0.119 e. The minimum Gasteiger partial charge on any atom is -0.497 e. The largest absolute Gasteiger partial charge is 0.497 e. The Morgan fingerprint density at radius 2 is 1.84 bits per heavy atom. The van der Waals surface area contributed by atoms with Crippen LogP contribution in [0.5, 0.6) is 5.75 Å². The fourth-order valence-corrected chi connectivity index (χ4v) is 2.40. The molecule has 96 valence electrons. The predicted molar refractivity (Wildman–Crippen MR) is 84.0 cm³/mol. The number of thiocarbonyl (C=S) groups is 1. The van der Waals surface area contributed by atoms with Crippen LogP contribution in [0.25, 0.3) is 0 Å². The first-order valence-electron chi connectivity index (χ1n) is 5.71. The van der Waals surface area contributed by atoms with Crippen LogP contribution in [0.1, 0.15) is 17.2 Å². The first-order chi connectivity index (χ1) is 9.24. The van der Waals surface area contributed by atoms with Gasteiger partial charge in [-0.1, -0.05) is 40.2 Å². The number of aliphatic imine (C=N–C) groups is 1. The van der Waals surface area contributed by atoms with Gasteiger partial charge in [0.05, 0.1) is 12.3 Å². The molecule has 1 unspecified atom stereocenters. The SMILES string of the molecule is COc1cccc(C(N=C=S)c2cccc(Br)c2)c1. The van der Waals surface area contributed by atoms with Gasteiger partial charge in [-0.25, -0.2) is 4.99 Å². The van der Waals surface area contributed by atoms with Gasteiger partial charge in [0.25, 0.3) is 0 Å². The van der Waals surface area contributed by atoms with Crippen LogP contribution in [0, 0.1) is 0 Å². The van der Waals surface area contributed by atoms with E-state index in [9.17, 15) is 0 Å². The van der Waals surface area contributed by atoms with Crippen LogP contribution in [0.4, 0.5) is 0 Å². The number of hydrogen-bond donors (Lipinski definition) is 0. The van der Waals surface area contributed by atoms with Gasteiger partial charge >= 0.3 is 0 Å². The van der Waals surface area contributed by atoms with Crippen LogP contribution in [0.15, 0.2) is 58.0 Å². The zero-order chi connectivity index (χ0) is 13.7. The van der Waals surface area contributed by atoms with Crippen LogP contribution >= 0.6 is 28.1 Å². The van der Waals surface area contributed by atoms with Gasteiger partial charge in [0.2, 0.25) is 0 Å². The van der Waals surface area contributed by atoms with Crippen LogP contribution in [0.3, 0.4) is 0 Å². The molecule has 2 aromatic rings. The summed E-state index contributed by atoms with van der Waals surface area (Å²) in [4.78, 5) is 4.27. The van der Waals surface area contributed by atoms with E-state index in [0.29, 0.717) is 0 Å². The van der Waals surface area contributed by atoms with Crippen molar-refractivity contribution in [2.75, 3.05) is 7.11 Å². The molecule has 0 spiro atoms. The molecule has 0 amide bonds. The summed E-state index contributed by atoms with van der Waals surface area (Å²) in [6, 6.07) is 15.7. The third kappa shape index (κ3) is 3.51. The zero-order valence-electron chi connectivity index (χ0n) is 10.3. The molecule has 1 atom stereocenters. The van der Waals surface area contributed by atoms with Crippen LogP contribution in [0.2, 0.25) is 0 Å². The maximum Gasteiger partial charge on any atom is 0.119 e. The molecule has 0 saturated carbocycles. The van der Waals surface area contributed by atoms with Crippen LogP contribution in [-0.2, 0) is 0 Å². The highest BCUT2D eigenvalue weighted by atomic mass is 79.9. The Bertz CT molecular complexity index is 623. The first-order valence-corrected chi connectivity index (χ1v) is 6.91. The van der Waals surface area contributed by atoms with E-state index in [1.165, 1.54) is 0 Å². The van der Waals surface area contributed by atoms with E-state index in [2.05, 4.69) is 26.1 Å². The highest BCUT2D eigenvalue weighted by Gasteiger charge is 2.13. The van der Waals surface area contributed by atoms with Gasteiger partial charge in [0, 0.05) is 4.47 Å². The van der Waals surface area contributed by atoms with Gasteiger partial charge in [-0.2, -0.15) is 0 Å². The predicted octanol–water partition coefficient (Wildman–Crippen LogP) is 4.65. The third-order valence-electron chi connectivity index (χ3n) is 2.76. The number of methoxy groups -OCH3 is 1. The molecule has 4 heteroatoms. The number of ether oxygens (including phenoxy) is 1. The Labute approximate surface area is 126 Å². The van der Waals surface area contributed by atoms with E-state index < -0.39 is 0 Å². The Kier molecular flexibility index (Phi) is 4.86. The summed E-state index contributed by atoms with van der Waals surface area (Å²) in [6.07, 6.45) is 0. The zero-order valence-corrected chi connectivity index (χ0v) is 12.7. The molecule has 0 bridgehead atoms. The monoisotopic (exact) mass is 333 g/mol. The number of benzene rings is 2. The molecule has 2 nitrogen and oxygen atoms in total. The lowest BCUT2D eigenvalue weighted by molar-refractivity contribution is 0.414. The third-order valence-corrected chi connectivity index (χ3v) is 3.35. The van der Waals surface area contributed by atoms with Crippen molar-refractivity contribution in [2.45, 2.75) is 6.04 Å². The van der Waals surface area contributed by atoms with Gasteiger partial charge in [-0.3, -0.25) is 0 Å². The minimum atomic E-state index is -0.162. The number of rotatable bonds is 4. The van der Waals surface area contributed by atoms with Crippen molar-refractivity contribution in [1.29, 1.82) is 0 Å². The summed E-state index contributed by atoms with van der Waals surface area (Å²) in [7, 11) is 1.65. The van der Waals surface area contributed by atoms with E-state index in [1.807, 2.05) is 48.5 Å². The standard InChI is InChI=1S/C15H12BrNOS/c1-18-14-7-3-5-12(9-14)15(17-10-19)11-4-2-6-13(16)8-11/h2-9,15H,1H3. The van der Waals surface area contributed by atoms with Gasteiger partial charge in [0.15, 0.2) is 0 Å². The Morgan fingerprint density at radius 3 is 2.47 bits per heavy atom. The molecule has 0 N–H and O–H groups in total. The van der Waals surface area contributed by atoms with Gasteiger partial charge < -0.3 is 4.74 Å². The normalized spacial score (nSPS) is 11.5. The van der Waals surface area contributed by atoms with E-state index in [1.54, 1.807) is 7.11 Å². The number of halogens is 1. The average Bonchev–Trinajstić information content (AvgIpc) is 2.45. The summed E-state index contributed by atoms with van der Waals surface area (Å²) >= 11 is 8.23. The van der Waals surface area contributed by atoms with Crippen molar-refractivity contribution >= 4 is 33.3 Å². The maximum atomic E-state index is 5.25. The van der Waals surface area contributed by atoms with Crippen molar-refractivity contribution < 1.29 is 4.74 Å². The molecule has 0 saturated heterocycles. The van der Waals surface area contributed by atoms with Crippen molar-refractivity contribution in [3.63, 3.8) is 0 Å². The van der Waals surface area contributed by atoms with Crippen molar-refractivity contribution in [1.82, 2.24) is 0 Å². The summed E-state index contributed by atoms with van der Waals surface area (Å²) in [5.74, 6) is 0.803. The van der Waals surface area contributed by atoms with Crippen LogP contribution in [-0.4, -0.2) is 12.3 Å². The molecule has 19 heavy (non-hydrogen) atoms. The molecule has 0 heterocycles. The molecule has 0 radical (unpaired) electrons. The minimum absolute atomic E-state index is 0.162. The molecule has 0 aliphatic carbocycles. The molecule has 0 aliphatic heterocycles. The second-order valence-corrected chi connectivity index (χ2v) is 5.05. The molecule has 2 rings (SSSR count). The molecule has 2 aromatic carbocycles. The lowest BCUT2D eigenvalue weighted by Gasteiger charge is -2.13. The second-order valence-electron chi connectivity index (χ2n) is 3.95. The Hall–Kier alpha value is -1.48. The van der Waals surface area contributed by atoms with E-state index in [4.69, 9.17) is 17.0 Å². The lowest BCUT2D eigenvalue weighted by atomic mass is 9.99. The van der Waals surface area contributed by atoms with Crippen molar-refractivity contribution in [3.8, 4) is 5.75 Å². The fourth-order valence-electron chi connectivity index (χ4n) is 1.88. The quantitative estimate of drug-likeness (QED) is 0.600. The molecule has 0 fully saturated rings. The summed E-state index contributed by atoms with van der Waals surface area (Å²) in [5, 5.41) is 2.47. The number of nitrogens with zero attached hydrogens (tertiary/aromatic N) is 1. The molecular weight excluding hydrogens is 322 g/mol. The first kappa shape index (κ1) is 13.9. The summed E-state index contributed by atoms with van der Waals surface area (Å²) in [6.45, 7) is 0. The van der Waals surface area contributed by atoms with Gasteiger partial charge in [0.1, 0.15) is 11.8 Å². The summed E-state index contributed by atoms with van der Waals surface area (Å²) in [5.41, 5.74) is 2.08. The highest BCUT2D eigenvalue weighted by molar-refractivity contribution is 9.10. The fraction of sp³-hybridized carbons (Fsp3) is 0.133. The van der Waals surface area contributed by atoms with E-state index in [-0.39, 0.29) is 6.04 Å². The van der Waals surface area contributed by atoms with E-state index >= 15 is 0 Å². The van der Waals surface area contributed by atoms with Gasteiger partial charge in [-0.05, 0) is 47.6 Å². The van der Waals surface area contributed by atoms with Gasteiger partial charge in [-0.15, -0.1) is 0 Å². The molecule has 0 aromatic heterocycles. The molecular formula is C15H12BrNOS. The number of isothiocyanates is 1. The Balaban J connectivity index is 2.47. The van der Waals surface area contributed by atoms with Crippen LogP contribution < -0.4 is 4.74 Å².